The molecule has 1 aliphatic heterocycles. The molecule has 0 aliphatic carbocycles. The number of nitrogens with zero attached hydrogens (tertiary/aromatic N) is 1. The number of aryl methyl sites for hydroxylation is 1. The molecule has 1 unspecified atom stereocenters. The molecule has 1 atom stereocenters. The van der Waals surface area contributed by atoms with Gasteiger partial charge in [0, 0.05) is 19.0 Å². The Morgan fingerprint density at radius 2 is 1.70 bits per heavy atom. The zero-order valence-corrected chi connectivity index (χ0v) is 18.4. The summed E-state index contributed by atoms with van der Waals surface area (Å²) in [7, 11) is 3.27. The molecule has 5 nitrogen and oxygen atoms in total. The molecule has 162 valence electrons. The maximum atomic E-state index is 12.6. The predicted molar refractivity (Wildman–Crippen MR) is 120 cm³/mol. The van der Waals surface area contributed by atoms with Crippen molar-refractivity contribution in [2.45, 2.75) is 38.6 Å². The Morgan fingerprint density at radius 3 is 2.30 bits per heavy atom. The fourth-order valence-corrected chi connectivity index (χ4v) is 4.04. The zero-order chi connectivity index (χ0) is 21.3. The predicted octanol–water partition coefficient (Wildman–Crippen LogP) is 4.23. The number of amides is 1. The Labute approximate surface area is 180 Å². The number of piperidine rings is 1. The van der Waals surface area contributed by atoms with Gasteiger partial charge in [0.25, 0.3) is 0 Å². The molecule has 1 fully saturated rings. The zero-order valence-electron chi connectivity index (χ0n) is 18.4. The quantitative estimate of drug-likeness (QED) is 0.672. The average molecular weight is 411 g/mol. The van der Waals surface area contributed by atoms with Crippen molar-refractivity contribution >= 4 is 5.91 Å². The SMILES string of the molecule is COc1cc(CCC(=O)NCC(c2ccccc2)N2CCC(C)CC2)cc(OC)c1. The molecule has 1 amide bonds. The third kappa shape index (κ3) is 6.23. The van der Waals surface area contributed by atoms with Crippen molar-refractivity contribution in [1.82, 2.24) is 10.2 Å². The second-order valence-electron chi connectivity index (χ2n) is 8.17. The molecule has 0 bridgehead atoms. The Hall–Kier alpha value is -2.53. The second kappa shape index (κ2) is 11.0. The van der Waals surface area contributed by atoms with Crippen LogP contribution in [0, 0.1) is 5.92 Å². The molecule has 0 saturated carbocycles. The van der Waals surface area contributed by atoms with Gasteiger partial charge in [-0.3, -0.25) is 9.69 Å². The summed E-state index contributed by atoms with van der Waals surface area (Å²) < 4.78 is 10.6. The first-order valence-electron chi connectivity index (χ1n) is 10.9. The fraction of sp³-hybridized carbons (Fsp3) is 0.480. The number of rotatable bonds is 9. The first-order valence-corrected chi connectivity index (χ1v) is 10.9. The second-order valence-corrected chi connectivity index (χ2v) is 8.17. The van der Waals surface area contributed by atoms with Crippen molar-refractivity contribution in [2.75, 3.05) is 33.9 Å². The highest BCUT2D eigenvalue weighted by Gasteiger charge is 2.24. The number of benzene rings is 2. The third-order valence-electron chi connectivity index (χ3n) is 5.99. The van der Waals surface area contributed by atoms with Crippen molar-refractivity contribution in [3.63, 3.8) is 0 Å². The average Bonchev–Trinajstić information content (AvgIpc) is 2.79. The van der Waals surface area contributed by atoms with Gasteiger partial charge in [0.2, 0.25) is 5.91 Å². The number of carbonyl (C=O) groups is 1. The van der Waals surface area contributed by atoms with E-state index in [4.69, 9.17) is 9.47 Å². The summed E-state index contributed by atoms with van der Waals surface area (Å²) in [4.78, 5) is 15.1. The lowest BCUT2D eigenvalue weighted by Crippen LogP contribution is -2.42. The van der Waals surface area contributed by atoms with Crippen molar-refractivity contribution in [2.24, 2.45) is 5.92 Å². The van der Waals surface area contributed by atoms with E-state index in [-0.39, 0.29) is 11.9 Å². The molecule has 1 heterocycles. The lowest BCUT2D eigenvalue weighted by Gasteiger charge is -2.37. The first kappa shape index (κ1) is 22.2. The van der Waals surface area contributed by atoms with Crippen LogP contribution in [0.2, 0.25) is 0 Å². The summed E-state index contributed by atoms with van der Waals surface area (Å²) >= 11 is 0. The van der Waals surface area contributed by atoms with Crippen LogP contribution in [-0.2, 0) is 11.2 Å². The topological polar surface area (TPSA) is 50.8 Å². The molecule has 2 aromatic carbocycles. The molecular weight excluding hydrogens is 376 g/mol. The van der Waals surface area contributed by atoms with E-state index in [1.165, 1.54) is 18.4 Å². The Balaban J connectivity index is 1.58. The number of likely N-dealkylation sites (tertiary alicyclic amines) is 1. The minimum absolute atomic E-state index is 0.0723. The summed E-state index contributed by atoms with van der Waals surface area (Å²) in [5.74, 6) is 2.34. The molecule has 3 rings (SSSR count). The molecule has 30 heavy (non-hydrogen) atoms. The van der Waals surface area contributed by atoms with Gasteiger partial charge in [0.05, 0.1) is 20.3 Å². The van der Waals surface area contributed by atoms with E-state index < -0.39 is 0 Å². The van der Waals surface area contributed by atoms with Crippen molar-refractivity contribution < 1.29 is 14.3 Å². The van der Waals surface area contributed by atoms with Crippen LogP contribution in [0.4, 0.5) is 0 Å². The van der Waals surface area contributed by atoms with Crippen molar-refractivity contribution in [1.29, 1.82) is 0 Å². The van der Waals surface area contributed by atoms with Crippen LogP contribution in [-0.4, -0.2) is 44.7 Å². The normalized spacial score (nSPS) is 16.1. The molecule has 5 heteroatoms. The molecule has 1 N–H and O–H groups in total. The van der Waals surface area contributed by atoms with Crippen LogP contribution < -0.4 is 14.8 Å². The molecule has 1 aliphatic rings. The standard InChI is InChI=1S/C25H34N2O3/c1-19-11-13-27(14-12-19)24(21-7-5-4-6-8-21)18-26-25(28)10-9-20-15-22(29-2)17-23(16-20)30-3/h4-8,15-17,19,24H,9-14,18H2,1-3H3,(H,26,28). The monoisotopic (exact) mass is 410 g/mol. The lowest BCUT2D eigenvalue weighted by atomic mass is 9.95. The highest BCUT2D eigenvalue weighted by atomic mass is 16.5. The third-order valence-corrected chi connectivity index (χ3v) is 5.99. The number of hydrogen-bond acceptors (Lipinski definition) is 4. The van der Waals surface area contributed by atoms with Gasteiger partial charge in [0.1, 0.15) is 11.5 Å². The molecule has 0 spiro atoms. The van der Waals surface area contributed by atoms with E-state index in [9.17, 15) is 4.79 Å². The molecule has 1 saturated heterocycles. The van der Waals surface area contributed by atoms with Gasteiger partial charge >= 0.3 is 0 Å². The van der Waals surface area contributed by atoms with Gasteiger partial charge in [-0.2, -0.15) is 0 Å². The summed E-state index contributed by atoms with van der Waals surface area (Å²) in [6, 6.07) is 16.5. The summed E-state index contributed by atoms with van der Waals surface area (Å²) in [6.07, 6.45) is 3.52. The van der Waals surface area contributed by atoms with E-state index in [0.717, 1.165) is 36.1 Å². The van der Waals surface area contributed by atoms with E-state index in [0.29, 0.717) is 19.4 Å². The van der Waals surface area contributed by atoms with Crippen LogP contribution in [0.5, 0.6) is 11.5 Å². The highest BCUT2D eigenvalue weighted by Crippen LogP contribution is 2.26. The Morgan fingerprint density at radius 1 is 1.07 bits per heavy atom. The number of methoxy groups -OCH3 is 2. The summed E-state index contributed by atoms with van der Waals surface area (Å²) in [5, 5.41) is 3.17. The molecule has 2 aromatic rings. The number of hydrogen-bond donors (Lipinski definition) is 1. The Kier molecular flexibility index (Phi) is 8.14. The van der Waals surface area contributed by atoms with E-state index in [1.807, 2.05) is 24.3 Å². The van der Waals surface area contributed by atoms with Gasteiger partial charge in [-0.1, -0.05) is 37.3 Å². The minimum atomic E-state index is 0.0723. The van der Waals surface area contributed by atoms with Gasteiger partial charge in [-0.25, -0.2) is 0 Å². The fourth-order valence-electron chi connectivity index (χ4n) is 4.04. The smallest absolute Gasteiger partial charge is 0.220 e. The lowest BCUT2D eigenvalue weighted by molar-refractivity contribution is -0.121. The molecule has 0 aromatic heterocycles. The van der Waals surface area contributed by atoms with Crippen LogP contribution in [0.25, 0.3) is 0 Å². The summed E-state index contributed by atoms with van der Waals surface area (Å²) in [5.41, 5.74) is 2.30. The van der Waals surface area contributed by atoms with Gasteiger partial charge in [0.15, 0.2) is 0 Å². The molecule has 0 radical (unpaired) electrons. The van der Waals surface area contributed by atoms with E-state index >= 15 is 0 Å². The number of carbonyl (C=O) groups excluding carboxylic acids is 1. The Bertz CT molecular complexity index is 779. The first-order chi connectivity index (χ1) is 14.6. The minimum Gasteiger partial charge on any atom is -0.497 e. The van der Waals surface area contributed by atoms with E-state index in [2.05, 4.69) is 41.4 Å². The molecular formula is C25H34N2O3. The van der Waals surface area contributed by atoms with Gasteiger partial charge < -0.3 is 14.8 Å². The van der Waals surface area contributed by atoms with Gasteiger partial charge in [-0.05, 0) is 61.5 Å². The van der Waals surface area contributed by atoms with Crippen molar-refractivity contribution in [3.8, 4) is 11.5 Å². The van der Waals surface area contributed by atoms with Crippen molar-refractivity contribution in [3.05, 3.63) is 59.7 Å². The summed E-state index contributed by atoms with van der Waals surface area (Å²) in [6.45, 7) is 5.13. The van der Waals surface area contributed by atoms with Crippen LogP contribution in [0.15, 0.2) is 48.5 Å². The van der Waals surface area contributed by atoms with Crippen LogP contribution in [0.3, 0.4) is 0 Å². The van der Waals surface area contributed by atoms with Gasteiger partial charge in [-0.15, -0.1) is 0 Å². The van der Waals surface area contributed by atoms with E-state index in [1.54, 1.807) is 14.2 Å². The number of ether oxygens (including phenoxy) is 2. The highest BCUT2D eigenvalue weighted by molar-refractivity contribution is 5.76. The maximum absolute atomic E-state index is 12.6. The van der Waals surface area contributed by atoms with Crippen LogP contribution >= 0.6 is 0 Å². The van der Waals surface area contributed by atoms with Crippen LogP contribution in [0.1, 0.15) is 43.4 Å². The number of nitrogens with one attached hydrogen (secondary N) is 1. The maximum Gasteiger partial charge on any atom is 0.220 e. The largest absolute Gasteiger partial charge is 0.497 e.